The Kier molecular flexibility index (Phi) is 5.97. The first kappa shape index (κ1) is 19.5. The number of carbonyl (C=O) groups excluding carboxylic acids is 1. The number of hydrogen-bond donors (Lipinski definition) is 3. The van der Waals surface area contributed by atoms with Gasteiger partial charge in [0, 0.05) is 24.6 Å². The molecule has 28 heavy (non-hydrogen) atoms. The molecular weight excluding hydrogens is 378 g/mol. The van der Waals surface area contributed by atoms with Crippen molar-refractivity contribution in [2.75, 3.05) is 11.9 Å². The van der Waals surface area contributed by atoms with E-state index in [9.17, 15) is 13.2 Å². The monoisotopic (exact) mass is 397 g/mol. The van der Waals surface area contributed by atoms with Gasteiger partial charge in [-0.05, 0) is 36.2 Å². The maximum Gasteiger partial charge on any atom is 0.254 e. The summed E-state index contributed by atoms with van der Waals surface area (Å²) in [4.78, 5) is 20.5. The number of aromatic nitrogens is 2. The Morgan fingerprint density at radius 1 is 0.964 bits per heavy atom. The van der Waals surface area contributed by atoms with Crippen LogP contribution in [0.3, 0.4) is 0 Å². The Morgan fingerprint density at radius 2 is 1.61 bits per heavy atom. The minimum Gasteiger partial charge on any atom is -0.352 e. The second kappa shape index (κ2) is 8.59. The van der Waals surface area contributed by atoms with Crippen LogP contribution in [0.2, 0.25) is 0 Å². The molecule has 0 atom stereocenters. The average Bonchev–Trinajstić information content (AvgIpc) is 2.69. The molecule has 0 aliphatic heterocycles. The zero-order valence-electron chi connectivity index (χ0n) is 14.9. The topological polar surface area (TPSA) is 127 Å². The number of carbonyl (C=O) groups is 1. The first-order valence-corrected chi connectivity index (χ1v) is 10.0. The predicted molar refractivity (Wildman–Crippen MR) is 106 cm³/mol. The van der Waals surface area contributed by atoms with Gasteiger partial charge < -0.3 is 10.6 Å². The number of hydrogen-bond acceptors (Lipinski definition) is 6. The van der Waals surface area contributed by atoms with E-state index in [0.29, 0.717) is 24.5 Å². The van der Waals surface area contributed by atoms with Crippen LogP contribution in [0.1, 0.15) is 15.9 Å². The lowest BCUT2D eigenvalue weighted by Gasteiger charge is -2.07. The van der Waals surface area contributed by atoms with E-state index in [4.69, 9.17) is 5.14 Å². The van der Waals surface area contributed by atoms with E-state index in [1.807, 2.05) is 30.3 Å². The first-order valence-electron chi connectivity index (χ1n) is 8.46. The molecule has 0 radical (unpaired) electrons. The number of primary sulfonamides is 1. The third-order valence-corrected chi connectivity index (χ3v) is 4.82. The Labute approximate surface area is 162 Å². The van der Waals surface area contributed by atoms with Crippen molar-refractivity contribution >= 4 is 27.6 Å². The maximum atomic E-state index is 12.2. The van der Waals surface area contributed by atoms with Crippen LogP contribution >= 0.6 is 0 Å². The highest BCUT2D eigenvalue weighted by molar-refractivity contribution is 7.89. The minimum atomic E-state index is -3.70. The standard InChI is InChI=1S/C19H19N5O3S/c20-28(26,27)17-8-6-14(7-9-17)10-11-21-18(25)15-12-22-19(23-13-15)24-16-4-2-1-3-5-16/h1-9,12-13H,10-11H2,(H,21,25)(H2,20,26,27)(H,22,23,24). The molecule has 0 aliphatic carbocycles. The molecule has 0 fully saturated rings. The van der Waals surface area contributed by atoms with E-state index in [0.717, 1.165) is 11.3 Å². The van der Waals surface area contributed by atoms with E-state index >= 15 is 0 Å². The highest BCUT2D eigenvalue weighted by Crippen LogP contribution is 2.11. The highest BCUT2D eigenvalue weighted by atomic mass is 32.2. The molecule has 3 aromatic rings. The number of amides is 1. The molecule has 0 spiro atoms. The van der Waals surface area contributed by atoms with Gasteiger partial charge in [0.15, 0.2) is 0 Å². The molecule has 8 nitrogen and oxygen atoms in total. The van der Waals surface area contributed by atoms with E-state index in [-0.39, 0.29) is 10.8 Å². The molecule has 0 bridgehead atoms. The van der Waals surface area contributed by atoms with Gasteiger partial charge >= 0.3 is 0 Å². The van der Waals surface area contributed by atoms with Gasteiger partial charge in [0.1, 0.15) is 0 Å². The summed E-state index contributed by atoms with van der Waals surface area (Å²) in [7, 11) is -3.70. The Hall–Kier alpha value is -3.30. The fourth-order valence-electron chi connectivity index (χ4n) is 2.43. The molecule has 1 amide bonds. The van der Waals surface area contributed by atoms with Crippen molar-refractivity contribution in [3.8, 4) is 0 Å². The van der Waals surface area contributed by atoms with Gasteiger partial charge in [0.05, 0.1) is 10.5 Å². The molecule has 0 saturated carbocycles. The quantitative estimate of drug-likeness (QED) is 0.558. The molecular formula is C19H19N5O3S. The van der Waals surface area contributed by atoms with Crippen LogP contribution in [0.25, 0.3) is 0 Å². The number of para-hydroxylation sites is 1. The number of sulfonamides is 1. The van der Waals surface area contributed by atoms with Crippen molar-refractivity contribution < 1.29 is 13.2 Å². The smallest absolute Gasteiger partial charge is 0.254 e. The largest absolute Gasteiger partial charge is 0.352 e. The second-order valence-electron chi connectivity index (χ2n) is 5.98. The maximum absolute atomic E-state index is 12.2. The summed E-state index contributed by atoms with van der Waals surface area (Å²) in [6.45, 7) is 0.386. The number of anilines is 2. The molecule has 4 N–H and O–H groups in total. The van der Waals surface area contributed by atoms with Gasteiger partial charge in [-0.2, -0.15) is 0 Å². The van der Waals surface area contributed by atoms with Crippen LogP contribution < -0.4 is 15.8 Å². The lowest BCUT2D eigenvalue weighted by Crippen LogP contribution is -2.26. The van der Waals surface area contributed by atoms with Crippen LogP contribution in [0.4, 0.5) is 11.6 Å². The molecule has 2 aromatic carbocycles. The number of rotatable bonds is 7. The summed E-state index contributed by atoms with van der Waals surface area (Å²) in [5.74, 6) is 0.116. The van der Waals surface area contributed by atoms with Gasteiger partial charge in [-0.1, -0.05) is 30.3 Å². The van der Waals surface area contributed by atoms with E-state index in [2.05, 4.69) is 20.6 Å². The summed E-state index contributed by atoms with van der Waals surface area (Å²) in [5.41, 5.74) is 2.09. The molecule has 1 heterocycles. The van der Waals surface area contributed by atoms with Crippen LogP contribution in [0.5, 0.6) is 0 Å². The average molecular weight is 397 g/mol. The van der Waals surface area contributed by atoms with Crippen molar-refractivity contribution in [1.29, 1.82) is 0 Å². The second-order valence-corrected chi connectivity index (χ2v) is 7.54. The highest BCUT2D eigenvalue weighted by Gasteiger charge is 2.09. The van der Waals surface area contributed by atoms with E-state index in [1.165, 1.54) is 24.5 Å². The third kappa shape index (κ3) is 5.35. The SMILES string of the molecule is NS(=O)(=O)c1ccc(CCNC(=O)c2cnc(Nc3ccccc3)nc2)cc1. The molecule has 3 rings (SSSR count). The minimum absolute atomic E-state index is 0.0571. The zero-order valence-corrected chi connectivity index (χ0v) is 15.7. The Bertz CT molecular complexity index is 1040. The number of nitrogens with zero attached hydrogens (tertiary/aromatic N) is 2. The molecule has 9 heteroatoms. The number of benzene rings is 2. The molecule has 0 aliphatic rings. The van der Waals surface area contributed by atoms with Crippen LogP contribution in [-0.2, 0) is 16.4 Å². The molecule has 144 valence electrons. The van der Waals surface area contributed by atoms with Gasteiger partial charge in [-0.3, -0.25) is 4.79 Å². The van der Waals surface area contributed by atoms with E-state index < -0.39 is 10.0 Å². The van der Waals surface area contributed by atoms with Crippen molar-refractivity contribution in [2.45, 2.75) is 11.3 Å². The fraction of sp³-hybridized carbons (Fsp3) is 0.105. The summed E-state index contributed by atoms with van der Waals surface area (Å²) in [5, 5.41) is 10.9. The summed E-state index contributed by atoms with van der Waals surface area (Å²) < 4.78 is 22.5. The normalized spacial score (nSPS) is 11.0. The number of nitrogens with one attached hydrogen (secondary N) is 2. The number of nitrogens with two attached hydrogens (primary N) is 1. The van der Waals surface area contributed by atoms with Crippen LogP contribution in [0, 0.1) is 0 Å². The lowest BCUT2D eigenvalue weighted by molar-refractivity contribution is 0.0953. The summed E-state index contributed by atoms with van der Waals surface area (Å²) in [6.07, 6.45) is 3.45. The van der Waals surface area contributed by atoms with Crippen LogP contribution in [0.15, 0.2) is 71.9 Å². The molecule has 0 unspecified atom stereocenters. The van der Waals surface area contributed by atoms with Gasteiger partial charge in [-0.15, -0.1) is 0 Å². The van der Waals surface area contributed by atoms with Crippen LogP contribution in [-0.4, -0.2) is 30.8 Å². The predicted octanol–water partition coefficient (Wildman–Crippen LogP) is 1.84. The molecule has 1 aromatic heterocycles. The van der Waals surface area contributed by atoms with Crippen molar-refractivity contribution in [1.82, 2.24) is 15.3 Å². The summed E-state index contributed by atoms with van der Waals surface area (Å²) in [6, 6.07) is 15.7. The van der Waals surface area contributed by atoms with Gasteiger partial charge in [0.25, 0.3) is 5.91 Å². The lowest BCUT2D eigenvalue weighted by atomic mass is 10.1. The van der Waals surface area contributed by atoms with Gasteiger partial charge in [-0.25, -0.2) is 23.5 Å². The van der Waals surface area contributed by atoms with Gasteiger partial charge in [0.2, 0.25) is 16.0 Å². The van der Waals surface area contributed by atoms with Crippen molar-refractivity contribution in [3.63, 3.8) is 0 Å². The zero-order chi connectivity index (χ0) is 20.0. The van der Waals surface area contributed by atoms with Crippen molar-refractivity contribution in [3.05, 3.63) is 78.1 Å². The third-order valence-electron chi connectivity index (χ3n) is 3.90. The first-order chi connectivity index (χ1) is 13.4. The molecule has 0 saturated heterocycles. The van der Waals surface area contributed by atoms with E-state index in [1.54, 1.807) is 12.1 Å². The van der Waals surface area contributed by atoms with Crippen molar-refractivity contribution in [2.24, 2.45) is 5.14 Å². The summed E-state index contributed by atoms with van der Waals surface area (Å²) >= 11 is 0. The Balaban J connectivity index is 1.51. The Morgan fingerprint density at radius 3 is 2.21 bits per heavy atom. The fourth-order valence-corrected chi connectivity index (χ4v) is 2.94.